The van der Waals surface area contributed by atoms with Gasteiger partial charge < -0.3 is 0 Å². The first-order valence-electron chi connectivity index (χ1n) is 4.70. The molecule has 0 aliphatic heterocycles. The highest BCUT2D eigenvalue weighted by molar-refractivity contribution is 7.79. The van der Waals surface area contributed by atoms with Crippen LogP contribution < -0.4 is 5.30 Å². The second-order valence-corrected chi connectivity index (χ2v) is 8.32. The first-order chi connectivity index (χ1) is 5.91. The summed E-state index contributed by atoms with van der Waals surface area (Å²) in [5.74, 6) is 0.617. The van der Waals surface area contributed by atoms with E-state index in [9.17, 15) is 0 Å². The van der Waals surface area contributed by atoms with Gasteiger partial charge in [0, 0.05) is 0 Å². The van der Waals surface area contributed by atoms with Crippen molar-refractivity contribution in [2.75, 3.05) is 13.3 Å². The van der Waals surface area contributed by atoms with Crippen LogP contribution in [0, 0.1) is 0 Å². The van der Waals surface area contributed by atoms with Gasteiger partial charge in [-0.25, -0.2) is 0 Å². The molecule has 0 aliphatic carbocycles. The van der Waals surface area contributed by atoms with E-state index in [0.29, 0.717) is 5.92 Å². The Morgan fingerprint density at radius 3 is 2.31 bits per heavy atom. The standard InChI is InChI=1S/C12H19P/c1-10(2)11-7-6-8-12(9-11)13(3,4)5/h6-10H,3H2,1-2,4-5H3. The Hall–Kier alpha value is -0.480. The quantitative estimate of drug-likeness (QED) is 0.634. The fourth-order valence-electron chi connectivity index (χ4n) is 1.26. The van der Waals surface area contributed by atoms with E-state index in [1.807, 2.05) is 0 Å². The zero-order valence-electron chi connectivity index (χ0n) is 9.04. The highest BCUT2D eigenvalue weighted by atomic mass is 31.2. The van der Waals surface area contributed by atoms with E-state index in [0.717, 1.165) is 0 Å². The number of hydrogen-bond donors (Lipinski definition) is 0. The van der Waals surface area contributed by atoms with Crippen LogP contribution in [-0.4, -0.2) is 19.6 Å². The SMILES string of the molecule is C=P(C)(C)c1cccc(C(C)C)c1. The Kier molecular flexibility index (Phi) is 3.03. The first kappa shape index (κ1) is 10.6. The molecule has 0 saturated heterocycles. The van der Waals surface area contributed by atoms with Crippen molar-refractivity contribution in [2.24, 2.45) is 0 Å². The number of benzene rings is 1. The van der Waals surface area contributed by atoms with Crippen molar-refractivity contribution in [3.05, 3.63) is 29.8 Å². The van der Waals surface area contributed by atoms with E-state index in [2.05, 4.69) is 57.7 Å². The molecule has 1 aromatic carbocycles. The minimum absolute atomic E-state index is 0.617. The van der Waals surface area contributed by atoms with Crippen LogP contribution >= 0.6 is 6.89 Å². The smallest absolute Gasteiger partial charge is 0.0219 e. The lowest BCUT2D eigenvalue weighted by molar-refractivity contribution is 0.868. The fourth-order valence-corrected chi connectivity index (χ4v) is 2.25. The predicted octanol–water partition coefficient (Wildman–Crippen LogP) is 3.14. The lowest BCUT2D eigenvalue weighted by atomic mass is 10.0. The summed E-state index contributed by atoms with van der Waals surface area (Å²) >= 11 is 0. The van der Waals surface area contributed by atoms with Crippen molar-refractivity contribution in [1.29, 1.82) is 0 Å². The van der Waals surface area contributed by atoms with Gasteiger partial charge in [-0.1, -0.05) is 51.3 Å². The van der Waals surface area contributed by atoms with Gasteiger partial charge in [-0.05, 0) is 30.1 Å². The summed E-state index contributed by atoms with van der Waals surface area (Å²) in [6.45, 7) is 7.89. The molecule has 0 fully saturated rings. The van der Waals surface area contributed by atoms with Crippen LogP contribution in [0.4, 0.5) is 0 Å². The van der Waals surface area contributed by atoms with Crippen molar-refractivity contribution in [2.45, 2.75) is 19.8 Å². The summed E-state index contributed by atoms with van der Waals surface area (Å²) in [7, 11) is 0. The zero-order valence-corrected chi connectivity index (χ0v) is 9.94. The third-order valence-electron chi connectivity index (χ3n) is 2.24. The van der Waals surface area contributed by atoms with Crippen molar-refractivity contribution in [3.8, 4) is 0 Å². The van der Waals surface area contributed by atoms with Crippen LogP contribution in [0.2, 0.25) is 0 Å². The lowest BCUT2D eigenvalue weighted by Gasteiger charge is -2.15. The van der Waals surface area contributed by atoms with Gasteiger partial charge >= 0.3 is 0 Å². The Morgan fingerprint density at radius 2 is 1.85 bits per heavy atom. The van der Waals surface area contributed by atoms with Crippen LogP contribution in [0.5, 0.6) is 0 Å². The Morgan fingerprint density at radius 1 is 1.23 bits per heavy atom. The highest BCUT2D eigenvalue weighted by Gasteiger charge is 2.05. The van der Waals surface area contributed by atoms with Crippen molar-refractivity contribution in [3.63, 3.8) is 0 Å². The molecule has 1 rings (SSSR count). The molecule has 0 nitrogen and oxygen atoms in total. The summed E-state index contributed by atoms with van der Waals surface area (Å²) in [6.07, 6.45) is 4.25. The summed E-state index contributed by atoms with van der Waals surface area (Å²) in [5, 5.41) is 1.43. The van der Waals surface area contributed by atoms with E-state index < -0.39 is 6.89 Å². The Balaban J connectivity index is 3.13. The van der Waals surface area contributed by atoms with Gasteiger partial charge in [-0.3, -0.25) is 0 Å². The number of rotatable bonds is 2. The molecule has 13 heavy (non-hydrogen) atoms. The average Bonchev–Trinajstić information content (AvgIpc) is 2.03. The van der Waals surface area contributed by atoms with E-state index in [1.54, 1.807) is 0 Å². The van der Waals surface area contributed by atoms with Crippen LogP contribution in [-0.2, 0) is 0 Å². The van der Waals surface area contributed by atoms with Crippen molar-refractivity contribution >= 4 is 18.5 Å². The lowest BCUT2D eigenvalue weighted by Crippen LogP contribution is -2.04. The second kappa shape index (κ2) is 3.72. The Bertz CT molecular complexity index is 331. The molecule has 0 radical (unpaired) electrons. The molecule has 0 saturated carbocycles. The van der Waals surface area contributed by atoms with Gasteiger partial charge in [-0.15, -0.1) is 0 Å². The van der Waals surface area contributed by atoms with Crippen LogP contribution in [0.25, 0.3) is 0 Å². The fraction of sp³-hybridized carbons (Fsp3) is 0.417. The molecule has 1 heteroatoms. The third-order valence-corrected chi connectivity index (χ3v) is 3.91. The molecule has 0 atom stereocenters. The molecule has 0 bridgehead atoms. The van der Waals surface area contributed by atoms with Crippen LogP contribution in [0.15, 0.2) is 24.3 Å². The van der Waals surface area contributed by atoms with E-state index in [-0.39, 0.29) is 0 Å². The van der Waals surface area contributed by atoms with Gasteiger partial charge in [0.05, 0.1) is 0 Å². The second-order valence-electron chi connectivity index (χ2n) is 4.43. The zero-order chi connectivity index (χ0) is 10.1. The van der Waals surface area contributed by atoms with Crippen LogP contribution in [0.1, 0.15) is 25.3 Å². The van der Waals surface area contributed by atoms with Crippen LogP contribution in [0.3, 0.4) is 0 Å². The molecule has 0 aromatic heterocycles. The maximum atomic E-state index is 4.25. The Labute approximate surface area is 82.0 Å². The first-order valence-corrected chi connectivity index (χ1v) is 7.57. The summed E-state index contributed by atoms with van der Waals surface area (Å²) in [4.78, 5) is 0. The highest BCUT2D eigenvalue weighted by Crippen LogP contribution is 2.34. The van der Waals surface area contributed by atoms with E-state index in [1.165, 1.54) is 10.9 Å². The summed E-state index contributed by atoms with van der Waals surface area (Å²) in [6, 6.07) is 8.86. The normalized spacial score (nSPS) is 12.1. The molecule has 0 unspecified atom stereocenters. The predicted molar refractivity (Wildman–Crippen MR) is 66.1 cm³/mol. The summed E-state index contributed by atoms with van der Waals surface area (Å²) in [5.41, 5.74) is 1.43. The molecular weight excluding hydrogens is 175 g/mol. The molecule has 0 heterocycles. The maximum absolute atomic E-state index is 4.25. The number of hydrogen-bond acceptors (Lipinski definition) is 0. The largest absolute Gasteiger partial charge is 0.0971 e. The third kappa shape index (κ3) is 2.74. The molecule has 1 aromatic rings. The van der Waals surface area contributed by atoms with Gasteiger partial charge in [0.2, 0.25) is 0 Å². The summed E-state index contributed by atoms with van der Waals surface area (Å²) < 4.78 is 0. The van der Waals surface area contributed by atoms with Gasteiger partial charge in [0.25, 0.3) is 0 Å². The average molecular weight is 194 g/mol. The molecular formula is C12H19P. The van der Waals surface area contributed by atoms with Crippen molar-refractivity contribution < 1.29 is 0 Å². The molecule has 72 valence electrons. The maximum Gasteiger partial charge on any atom is -0.0219 e. The molecule has 0 amide bonds. The van der Waals surface area contributed by atoms with Crippen molar-refractivity contribution in [1.82, 2.24) is 0 Å². The monoisotopic (exact) mass is 194 g/mol. The van der Waals surface area contributed by atoms with Gasteiger partial charge in [0.15, 0.2) is 0 Å². The molecule has 0 spiro atoms. The minimum atomic E-state index is -1.08. The molecule has 0 N–H and O–H groups in total. The van der Waals surface area contributed by atoms with Gasteiger partial charge in [0.1, 0.15) is 0 Å². The van der Waals surface area contributed by atoms with E-state index in [4.69, 9.17) is 0 Å². The van der Waals surface area contributed by atoms with E-state index >= 15 is 0 Å². The topological polar surface area (TPSA) is 0 Å². The minimum Gasteiger partial charge on any atom is -0.0971 e. The van der Waals surface area contributed by atoms with Gasteiger partial charge in [-0.2, -0.15) is 0 Å². The molecule has 0 aliphatic rings.